The number of hydrogen-bond donors (Lipinski definition) is 1. The Hall–Kier alpha value is -1.00. The van der Waals surface area contributed by atoms with Gasteiger partial charge in [-0.25, -0.2) is 0 Å². The van der Waals surface area contributed by atoms with Crippen LogP contribution in [0.1, 0.15) is 11.3 Å². The molecule has 2 aromatic rings. The predicted octanol–water partition coefficient (Wildman–Crippen LogP) is 4.49. The van der Waals surface area contributed by atoms with Gasteiger partial charge in [-0.2, -0.15) is 0 Å². The lowest BCUT2D eigenvalue weighted by molar-refractivity contribution is 1.15. The lowest BCUT2D eigenvalue weighted by Gasteiger charge is -2.10. The first-order chi connectivity index (χ1) is 8.70. The Morgan fingerprint density at radius 2 is 2.11 bits per heavy atom. The van der Waals surface area contributed by atoms with Gasteiger partial charge in [0.15, 0.2) is 0 Å². The van der Waals surface area contributed by atoms with Gasteiger partial charge in [0, 0.05) is 34.1 Å². The molecule has 0 atom stereocenters. The Morgan fingerprint density at radius 3 is 2.78 bits per heavy atom. The maximum atomic E-state index is 4.42. The van der Waals surface area contributed by atoms with Crippen LogP contribution in [0.3, 0.4) is 0 Å². The maximum absolute atomic E-state index is 4.42. The molecular weight excluding hydrogens is 308 g/mol. The van der Waals surface area contributed by atoms with Gasteiger partial charge in [0.25, 0.3) is 0 Å². The van der Waals surface area contributed by atoms with Crippen LogP contribution < -0.4 is 5.32 Å². The number of thioether (sulfide) groups is 1. The number of halogens is 1. The zero-order valence-electron chi connectivity index (χ0n) is 10.4. The quantitative estimate of drug-likeness (QED) is 0.840. The van der Waals surface area contributed by atoms with Crippen LogP contribution in [0.5, 0.6) is 0 Å². The molecule has 0 bridgehead atoms. The molecule has 0 spiro atoms. The van der Waals surface area contributed by atoms with Crippen LogP contribution in [-0.2, 0) is 5.75 Å². The van der Waals surface area contributed by atoms with Crippen LogP contribution >= 0.6 is 27.7 Å². The Labute approximate surface area is 120 Å². The van der Waals surface area contributed by atoms with Gasteiger partial charge in [-0.05, 0) is 46.6 Å². The van der Waals surface area contributed by atoms with Crippen molar-refractivity contribution in [3.8, 4) is 0 Å². The Balaban J connectivity index is 2.12. The highest BCUT2D eigenvalue weighted by Gasteiger charge is 2.06. The van der Waals surface area contributed by atoms with Gasteiger partial charge in [-0.1, -0.05) is 12.1 Å². The minimum absolute atomic E-state index is 0.873. The van der Waals surface area contributed by atoms with Crippen LogP contribution in [0, 0.1) is 6.92 Å². The van der Waals surface area contributed by atoms with Crippen molar-refractivity contribution in [2.75, 3.05) is 12.4 Å². The number of aromatic nitrogens is 1. The Morgan fingerprint density at radius 1 is 1.28 bits per heavy atom. The topological polar surface area (TPSA) is 24.9 Å². The molecule has 2 nitrogen and oxygen atoms in total. The first kappa shape index (κ1) is 13.4. The van der Waals surface area contributed by atoms with Crippen LogP contribution in [0.25, 0.3) is 0 Å². The summed E-state index contributed by atoms with van der Waals surface area (Å²) in [4.78, 5) is 5.65. The first-order valence-electron chi connectivity index (χ1n) is 5.71. The zero-order valence-corrected chi connectivity index (χ0v) is 12.8. The predicted molar refractivity (Wildman–Crippen MR) is 82.2 cm³/mol. The van der Waals surface area contributed by atoms with E-state index in [2.05, 4.69) is 57.4 Å². The minimum Gasteiger partial charge on any atom is -0.387 e. The van der Waals surface area contributed by atoms with Gasteiger partial charge in [0.2, 0.25) is 0 Å². The summed E-state index contributed by atoms with van der Waals surface area (Å²) in [5, 5.41) is 3.21. The molecule has 0 saturated heterocycles. The molecule has 4 heteroatoms. The SMILES string of the molecule is CNc1cccc(Br)c1SCc1ccc(C)cn1. The molecule has 0 unspecified atom stereocenters. The summed E-state index contributed by atoms with van der Waals surface area (Å²) in [5.74, 6) is 0.873. The maximum Gasteiger partial charge on any atom is 0.0506 e. The molecule has 0 aliphatic carbocycles. The molecule has 0 aliphatic heterocycles. The van der Waals surface area contributed by atoms with Gasteiger partial charge in [0.1, 0.15) is 0 Å². The molecule has 1 aromatic heterocycles. The fourth-order valence-corrected chi connectivity index (χ4v) is 3.29. The van der Waals surface area contributed by atoms with Crippen molar-refractivity contribution >= 4 is 33.4 Å². The molecule has 1 N–H and O–H groups in total. The van der Waals surface area contributed by atoms with Gasteiger partial charge in [0.05, 0.1) is 5.69 Å². The summed E-state index contributed by atoms with van der Waals surface area (Å²) in [6, 6.07) is 10.4. The molecule has 1 heterocycles. The van der Waals surface area contributed by atoms with Crippen molar-refractivity contribution in [1.82, 2.24) is 4.98 Å². The molecule has 94 valence electrons. The van der Waals surface area contributed by atoms with E-state index in [-0.39, 0.29) is 0 Å². The second kappa shape index (κ2) is 6.25. The highest BCUT2D eigenvalue weighted by atomic mass is 79.9. The number of hydrogen-bond acceptors (Lipinski definition) is 3. The number of nitrogens with zero attached hydrogens (tertiary/aromatic N) is 1. The van der Waals surface area contributed by atoms with Crippen molar-refractivity contribution in [2.45, 2.75) is 17.6 Å². The van der Waals surface area contributed by atoms with Crippen molar-refractivity contribution in [1.29, 1.82) is 0 Å². The fraction of sp³-hybridized carbons (Fsp3) is 0.214. The van der Waals surface area contributed by atoms with Gasteiger partial charge >= 0.3 is 0 Å². The molecule has 0 fully saturated rings. The largest absolute Gasteiger partial charge is 0.387 e. The van der Waals surface area contributed by atoms with E-state index in [9.17, 15) is 0 Å². The molecule has 2 rings (SSSR count). The summed E-state index contributed by atoms with van der Waals surface area (Å²) in [6.07, 6.45) is 1.91. The van der Waals surface area contributed by atoms with Gasteiger partial charge in [-0.3, -0.25) is 4.98 Å². The molecule has 0 saturated carbocycles. The number of nitrogens with one attached hydrogen (secondary N) is 1. The Bertz CT molecular complexity index is 526. The molecule has 1 aromatic carbocycles. The third kappa shape index (κ3) is 3.27. The average Bonchev–Trinajstić information content (AvgIpc) is 2.39. The fourth-order valence-electron chi connectivity index (χ4n) is 1.58. The number of aryl methyl sites for hydroxylation is 1. The lowest BCUT2D eigenvalue weighted by atomic mass is 10.3. The average molecular weight is 323 g/mol. The smallest absolute Gasteiger partial charge is 0.0506 e. The van der Waals surface area contributed by atoms with Crippen LogP contribution in [0.15, 0.2) is 45.9 Å². The Kier molecular flexibility index (Phi) is 4.66. The summed E-state index contributed by atoms with van der Waals surface area (Å²) in [6.45, 7) is 2.05. The third-order valence-electron chi connectivity index (χ3n) is 2.57. The molecule has 0 radical (unpaired) electrons. The normalized spacial score (nSPS) is 10.4. The molecular formula is C14H15BrN2S. The van der Waals surface area contributed by atoms with Crippen molar-refractivity contribution in [2.24, 2.45) is 0 Å². The highest BCUT2D eigenvalue weighted by Crippen LogP contribution is 2.35. The van der Waals surface area contributed by atoms with E-state index < -0.39 is 0 Å². The number of rotatable bonds is 4. The van der Waals surface area contributed by atoms with E-state index >= 15 is 0 Å². The van der Waals surface area contributed by atoms with Crippen molar-refractivity contribution in [3.05, 3.63) is 52.3 Å². The van der Waals surface area contributed by atoms with Crippen molar-refractivity contribution in [3.63, 3.8) is 0 Å². The van der Waals surface area contributed by atoms with Crippen LogP contribution in [-0.4, -0.2) is 12.0 Å². The van der Waals surface area contributed by atoms with E-state index in [0.717, 1.165) is 21.6 Å². The molecule has 0 aliphatic rings. The summed E-state index contributed by atoms with van der Waals surface area (Å²) < 4.78 is 1.12. The highest BCUT2D eigenvalue weighted by molar-refractivity contribution is 9.10. The van der Waals surface area contributed by atoms with Crippen LogP contribution in [0.2, 0.25) is 0 Å². The second-order valence-corrected chi connectivity index (χ2v) is 5.82. The van der Waals surface area contributed by atoms with E-state index in [4.69, 9.17) is 0 Å². The summed E-state index contributed by atoms with van der Waals surface area (Å²) in [7, 11) is 1.94. The van der Waals surface area contributed by atoms with Crippen LogP contribution in [0.4, 0.5) is 5.69 Å². The van der Waals surface area contributed by atoms with E-state index in [1.165, 1.54) is 10.5 Å². The number of benzene rings is 1. The zero-order chi connectivity index (χ0) is 13.0. The van der Waals surface area contributed by atoms with Gasteiger partial charge in [-0.15, -0.1) is 11.8 Å². The summed E-state index contributed by atoms with van der Waals surface area (Å²) >= 11 is 5.38. The van der Waals surface area contributed by atoms with E-state index in [0.29, 0.717) is 0 Å². The monoisotopic (exact) mass is 322 g/mol. The van der Waals surface area contributed by atoms with E-state index in [1.54, 1.807) is 11.8 Å². The van der Waals surface area contributed by atoms with E-state index in [1.807, 2.05) is 19.3 Å². The van der Waals surface area contributed by atoms with Crippen molar-refractivity contribution < 1.29 is 0 Å². The summed E-state index contributed by atoms with van der Waals surface area (Å²) in [5.41, 5.74) is 3.44. The molecule has 0 amide bonds. The van der Waals surface area contributed by atoms with Gasteiger partial charge < -0.3 is 5.32 Å². The lowest BCUT2D eigenvalue weighted by Crippen LogP contribution is -1.93. The standard InChI is InChI=1S/C14H15BrN2S/c1-10-6-7-11(17-8-10)9-18-14-12(15)4-3-5-13(14)16-2/h3-8,16H,9H2,1-2H3. The second-order valence-electron chi connectivity index (χ2n) is 3.98. The number of anilines is 1. The first-order valence-corrected chi connectivity index (χ1v) is 7.49. The number of pyridine rings is 1. The third-order valence-corrected chi connectivity index (χ3v) is 4.67. The minimum atomic E-state index is 0.873. The molecule has 18 heavy (non-hydrogen) atoms.